The molecule has 1 N–H and O–H groups in total. The topological polar surface area (TPSA) is 82.1 Å². The van der Waals surface area contributed by atoms with Crippen molar-refractivity contribution < 1.29 is 28.9 Å². The maximum Gasteiger partial charge on any atom is 0.333 e. The van der Waals surface area contributed by atoms with Crippen molar-refractivity contribution in [3.63, 3.8) is 0 Å². The Hall–Kier alpha value is -3.64. The van der Waals surface area contributed by atoms with E-state index in [4.69, 9.17) is 14.2 Å². The molecule has 0 aromatic heterocycles. The fourth-order valence-electron chi connectivity index (χ4n) is 3.41. The maximum atomic E-state index is 11.5. The van der Waals surface area contributed by atoms with Gasteiger partial charge in [0.15, 0.2) is 6.10 Å². The molecule has 2 unspecified atom stereocenters. The minimum absolute atomic E-state index is 0.153. The largest absolute Gasteiger partial charge is 0.493 e. The Balaban J connectivity index is 1.52. The number of aldehydes is 1. The molecule has 6 heteroatoms. The van der Waals surface area contributed by atoms with Gasteiger partial charge in [-0.1, -0.05) is 54.6 Å². The monoisotopic (exact) mass is 462 g/mol. The van der Waals surface area contributed by atoms with E-state index < -0.39 is 18.0 Å². The van der Waals surface area contributed by atoms with Crippen LogP contribution in [0.1, 0.15) is 19.4 Å². The van der Waals surface area contributed by atoms with Gasteiger partial charge in [0.05, 0.1) is 12.0 Å². The quantitative estimate of drug-likeness (QED) is 0.358. The Morgan fingerprint density at radius 2 is 1.50 bits per heavy atom. The molecule has 2 atom stereocenters. The summed E-state index contributed by atoms with van der Waals surface area (Å²) in [6, 6.07) is 24.9. The highest BCUT2D eigenvalue weighted by molar-refractivity contribution is 5.72. The van der Waals surface area contributed by atoms with E-state index in [1.165, 1.54) is 0 Å². The molecule has 3 aromatic rings. The number of carbonyl (C=O) groups excluding carboxylic acids is 1. The highest BCUT2D eigenvalue weighted by atomic mass is 16.5. The standard InChI is InChI=1S/C28H30O6/c1-20(2)34-27(28(30)31)16-21-7-6-10-26(15-21)33-19-22(17-29)18-32-25-13-11-24(12-14-25)23-8-4-3-5-9-23/h3-15,17,20,22,27H,16,18-19H2,1-2H3,(H,30,31). The third-order valence-corrected chi connectivity index (χ3v) is 5.11. The number of aliphatic carboxylic acids is 1. The first-order chi connectivity index (χ1) is 16.4. The average molecular weight is 463 g/mol. The molecule has 0 bridgehead atoms. The van der Waals surface area contributed by atoms with Crippen molar-refractivity contribution in [3.8, 4) is 22.6 Å². The lowest BCUT2D eigenvalue weighted by atomic mass is 10.1. The van der Waals surface area contributed by atoms with Crippen molar-refractivity contribution >= 4 is 12.3 Å². The molecule has 6 nitrogen and oxygen atoms in total. The number of benzene rings is 3. The van der Waals surface area contributed by atoms with E-state index in [0.717, 1.165) is 23.0 Å². The van der Waals surface area contributed by atoms with Crippen LogP contribution in [0.25, 0.3) is 11.1 Å². The molecule has 0 saturated carbocycles. The molecule has 3 aromatic carbocycles. The molecule has 178 valence electrons. The van der Waals surface area contributed by atoms with E-state index in [9.17, 15) is 14.7 Å². The molecular weight excluding hydrogens is 432 g/mol. The molecule has 0 amide bonds. The molecule has 0 saturated heterocycles. The Labute approximate surface area is 200 Å². The van der Waals surface area contributed by atoms with Gasteiger partial charge < -0.3 is 24.1 Å². The number of carboxylic acids is 1. The Morgan fingerprint density at radius 3 is 2.12 bits per heavy atom. The zero-order chi connectivity index (χ0) is 24.3. The molecule has 0 aliphatic heterocycles. The van der Waals surface area contributed by atoms with Crippen molar-refractivity contribution in [1.29, 1.82) is 0 Å². The van der Waals surface area contributed by atoms with Gasteiger partial charge in [-0.2, -0.15) is 0 Å². The fourth-order valence-corrected chi connectivity index (χ4v) is 3.41. The van der Waals surface area contributed by atoms with E-state index in [1.54, 1.807) is 32.0 Å². The van der Waals surface area contributed by atoms with E-state index in [2.05, 4.69) is 0 Å². The number of hydrogen-bond donors (Lipinski definition) is 1. The minimum atomic E-state index is -1.00. The Kier molecular flexibility index (Phi) is 9.23. The van der Waals surface area contributed by atoms with Gasteiger partial charge in [0.1, 0.15) is 31.0 Å². The van der Waals surface area contributed by atoms with Crippen molar-refractivity contribution in [3.05, 3.63) is 84.4 Å². The molecule has 3 rings (SSSR count). The SMILES string of the molecule is CC(C)OC(Cc1cccc(OCC(C=O)COc2ccc(-c3ccccc3)cc2)c1)C(=O)O. The average Bonchev–Trinajstić information content (AvgIpc) is 2.84. The van der Waals surface area contributed by atoms with Gasteiger partial charge in [0.2, 0.25) is 0 Å². The number of ether oxygens (including phenoxy) is 3. The lowest BCUT2D eigenvalue weighted by molar-refractivity contribution is -0.153. The molecule has 0 heterocycles. The number of hydrogen-bond acceptors (Lipinski definition) is 5. The van der Waals surface area contributed by atoms with Crippen molar-refractivity contribution in [2.24, 2.45) is 5.92 Å². The summed E-state index contributed by atoms with van der Waals surface area (Å²) >= 11 is 0. The van der Waals surface area contributed by atoms with Gasteiger partial charge in [0, 0.05) is 6.42 Å². The van der Waals surface area contributed by atoms with Crippen molar-refractivity contribution in [2.75, 3.05) is 13.2 Å². The number of rotatable bonds is 13. The fraction of sp³-hybridized carbons (Fsp3) is 0.286. The molecular formula is C28H30O6. The summed E-state index contributed by atoms with van der Waals surface area (Å²) in [4.78, 5) is 23.0. The second kappa shape index (κ2) is 12.6. The van der Waals surface area contributed by atoms with Gasteiger partial charge in [-0.15, -0.1) is 0 Å². The summed E-state index contributed by atoms with van der Waals surface area (Å²) in [7, 11) is 0. The molecule has 0 spiro atoms. The van der Waals surface area contributed by atoms with Gasteiger partial charge in [-0.25, -0.2) is 4.79 Å². The third-order valence-electron chi connectivity index (χ3n) is 5.11. The first-order valence-corrected chi connectivity index (χ1v) is 11.3. The zero-order valence-corrected chi connectivity index (χ0v) is 19.4. The van der Waals surface area contributed by atoms with Crippen LogP contribution in [0.2, 0.25) is 0 Å². The highest BCUT2D eigenvalue weighted by Gasteiger charge is 2.20. The second-order valence-electron chi connectivity index (χ2n) is 8.27. The van der Waals surface area contributed by atoms with Crippen LogP contribution in [0.4, 0.5) is 0 Å². The molecule has 0 aliphatic carbocycles. The lowest BCUT2D eigenvalue weighted by Gasteiger charge is -2.17. The smallest absolute Gasteiger partial charge is 0.333 e. The molecule has 34 heavy (non-hydrogen) atoms. The second-order valence-corrected chi connectivity index (χ2v) is 8.27. The third kappa shape index (κ3) is 7.74. The summed E-state index contributed by atoms with van der Waals surface area (Å²) in [5, 5.41) is 9.38. The van der Waals surface area contributed by atoms with Crippen LogP contribution in [0.15, 0.2) is 78.9 Å². The Morgan fingerprint density at radius 1 is 0.853 bits per heavy atom. The first kappa shape index (κ1) is 25.0. The number of carbonyl (C=O) groups is 2. The number of carboxylic acid groups (broad SMARTS) is 1. The van der Waals surface area contributed by atoms with Crippen molar-refractivity contribution in [2.45, 2.75) is 32.5 Å². The van der Waals surface area contributed by atoms with Gasteiger partial charge in [0.25, 0.3) is 0 Å². The van der Waals surface area contributed by atoms with Crippen LogP contribution < -0.4 is 9.47 Å². The zero-order valence-electron chi connectivity index (χ0n) is 19.4. The van der Waals surface area contributed by atoms with Gasteiger partial charge >= 0.3 is 5.97 Å². The van der Waals surface area contributed by atoms with Crippen LogP contribution in [-0.4, -0.2) is 42.8 Å². The van der Waals surface area contributed by atoms with Crippen LogP contribution in [0.3, 0.4) is 0 Å². The Bertz CT molecular complexity index is 1050. The van der Waals surface area contributed by atoms with Crippen LogP contribution in [-0.2, 0) is 20.7 Å². The van der Waals surface area contributed by atoms with Gasteiger partial charge in [-0.3, -0.25) is 0 Å². The van der Waals surface area contributed by atoms with Crippen LogP contribution in [0, 0.1) is 5.92 Å². The predicted molar refractivity (Wildman–Crippen MR) is 130 cm³/mol. The van der Waals surface area contributed by atoms with E-state index in [-0.39, 0.29) is 25.7 Å². The molecule has 0 fully saturated rings. The summed E-state index contributed by atoms with van der Waals surface area (Å²) in [6.45, 7) is 3.95. The summed E-state index contributed by atoms with van der Waals surface area (Å²) in [5.74, 6) is -0.216. The molecule has 0 radical (unpaired) electrons. The summed E-state index contributed by atoms with van der Waals surface area (Å²) in [5.41, 5.74) is 3.00. The normalized spacial score (nSPS) is 12.7. The lowest BCUT2D eigenvalue weighted by Crippen LogP contribution is -2.29. The van der Waals surface area contributed by atoms with Gasteiger partial charge in [-0.05, 0) is 54.8 Å². The van der Waals surface area contributed by atoms with Crippen molar-refractivity contribution in [1.82, 2.24) is 0 Å². The van der Waals surface area contributed by atoms with Crippen LogP contribution >= 0.6 is 0 Å². The van der Waals surface area contributed by atoms with Crippen LogP contribution in [0.5, 0.6) is 11.5 Å². The van der Waals surface area contributed by atoms with E-state index in [1.807, 2.05) is 60.7 Å². The predicted octanol–water partition coefficient (Wildman–Crippen LogP) is 5.05. The van der Waals surface area contributed by atoms with E-state index >= 15 is 0 Å². The first-order valence-electron chi connectivity index (χ1n) is 11.3. The summed E-state index contributed by atoms with van der Waals surface area (Å²) in [6.07, 6.45) is -0.0775. The maximum absolute atomic E-state index is 11.5. The highest BCUT2D eigenvalue weighted by Crippen LogP contribution is 2.22. The molecule has 0 aliphatic rings. The summed E-state index contributed by atoms with van der Waals surface area (Å²) < 4.78 is 17.0. The minimum Gasteiger partial charge on any atom is -0.493 e. The van der Waals surface area contributed by atoms with E-state index in [0.29, 0.717) is 11.5 Å².